The molecule has 1 saturated carbocycles. The van der Waals surface area contributed by atoms with Gasteiger partial charge in [-0.25, -0.2) is 8.78 Å². The Morgan fingerprint density at radius 1 is 1.00 bits per heavy atom. The fourth-order valence-corrected chi connectivity index (χ4v) is 5.23. The molecule has 1 fully saturated rings. The molecule has 0 radical (unpaired) electrons. The summed E-state index contributed by atoms with van der Waals surface area (Å²) in [6.45, 7) is -0.0948. The van der Waals surface area contributed by atoms with E-state index in [2.05, 4.69) is 9.69 Å². The molecule has 1 aliphatic carbocycles. The maximum atomic E-state index is 13.9. The highest BCUT2D eigenvalue weighted by Gasteiger charge is 2.36. The van der Waals surface area contributed by atoms with Gasteiger partial charge < -0.3 is 21.7 Å². The molecule has 3 aromatic rings. The van der Waals surface area contributed by atoms with Crippen molar-refractivity contribution in [3.63, 3.8) is 0 Å². The molecule has 0 aliphatic heterocycles. The van der Waals surface area contributed by atoms with Gasteiger partial charge in [-0.15, -0.1) is 0 Å². The number of aromatic nitrogens is 1. The highest BCUT2D eigenvalue weighted by Crippen LogP contribution is 2.31. The summed E-state index contributed by atoms with van der Waals surface area (Å²) in [7, 11) is 0. The van der Waals surface area contributed by atoms with E-state index in [-0.39, 0.29) is 28.8 Å². The second kappa shape index (κ2) is 11.5. The van der Waals surface area contributed by atoms with Crippen molar-refractivity contribution in [2.24, 2.45) is 5.73 Å². The number of benzene rings is 2. The zero-order valence-corrected chi connectivity index (χ0v) is 20.8. The summed E-state index contributed by atoms with van der Waals surface area (Å²) in [5, 5.41) is 3.05. The Hall–Kier alpha value is -3.86. The lowest BCUT2D eigenvalue weighted by Gasteiger charge is -2.33. The first kappa shape index (κ1) is 26.2. The van der Waals surface area contributed by atoms with E-state index in [1.165, 1.54) is 53.4 Å². The number of amides is 3. The predicted octanol–water partition coefficient (Wildman–Crippen LogP) is 3.94. The smallest absolute Gasteiger partial charge is 0.270 e. The molecule has 5 N–H and O–H groups in total. The maximum absolute atomic E-state index is 13.9. The van der Waals surface area contributed by atoms with E-state index in [1.807, 2.05) is 0 Å². The van der Waals surface area contributed by atoms with Gasteiger partial charge in [0.15, 0.2) is 5.69 Å². The normalized spacial score (nSPS) is 14.6. The van der Waals surface area contributed by atoms with Gasteiger partial charge in [0.1, 0.15) is 22.6 Å². The first-order chi connectivity index (χ1) is 17.7. The van der Waals surface area contributed by atoms with E-state index in [0.29, 0.717) is 22.7 Å². The average molecular weight is 528 g/mol. The van der Waals surface area contributed by atoms with E-state index in [1.54, 1.807) is 0 Å². The Balaban J connectivity index is 1.78. The average Bonchev–Trinajstić information content (AvgIpc) is 3.27. The van der Waals surface area contributed by atoms with Gasteiger partial charge >= 0.3 is 0 Å². The van der Waals surface area contributed by atoms with Crippen LogP contribution >= 0.6 is 11.5 Å². The SMILES string of the molecule is NC(=O)c1nsc(C(=O)N(Cc2ccc(F)cc2)[C@@H](C(=O)NC2CCCCC2)c2ccc(F)cc2)c1N. The van der Waals surface area contributed by atoms with Crippen molar-refractivity contribution in [3.8, 4) is 0 Å². The number of anilines is 1. The molecule has 4 rings (SSSR count). The molecular weight excluding hydrogens is 500 g/mol. The van der Waals surface area contributed by atoms with Crippen LogP contribution < -0.4 is 16.8 Å². The zero-order valence-electron chi connectivity index (χ0n) is 20.0. The van der Waals surface area contributed by atoms with Crippen LogP contribution in [-0.2, 0) is 11.3 Å². The number of nitrogen functional groups attached to an aromatic ring is 1. The van der Waals surface area contributed by atoms with Crippen molar-refractivity contribution >= 4 is 34.9 Å². The molecule has 0 bridgehead atoms. The third kappa shape index (κ3) is 6.11. The Kier molecular flexibility index (Phi) is 8.12. The van der Waals surface area contributed by atoms with Crippen LogP contribution in [0.2, 0.25) is 0 Å². The van der Waals surface area contributed by atoms with Crippen LogP contribution in [0.3, 0.4) is 0 Å². The Labute approximate surface area is 216 Å². The summed E-state index contributed by atoms with van der Waals surface area (Å²) in [6, 6.07) is 9.58. The largest absolute Gasteiger partial charge is 0.395 e. The number of carbonyl (C=O) groups is 3. The Bertz CT molecular complexity index is 1270. The van der Waals surface area contributed by atoms with Crippen LogP contribution in [0.5, 0.6) is 0 Å². The second-order valence-electron chi connectivity index (χ2n) is 9.00. The molecule has 1 aromatic heterocycles. The molecule has 2 aromatic carbocycles. The number of nitrogens with two attached hydrogens (primary N) is 2. The van der Waals surface area contributed by atoms with Crippen molar-refractivity contribution in [2.45, 2.75) is 50.7 Å². The van der Waals surface area contributed by atoms with E-state index in [4.69, 9.17) is 11.5 Å². The van der Waals surface area contributed by atoms with Crippen molar-refractivity contribution in [1.29, 1.82) is 0 Å². The first-order valence-electron chi connectivity index (χ1n) is 11.9. The minimum atomic E-state index is -1.17. The lowest BCUT2D eigenvalue weighted by atomic mass is 9.94. The van der Waals surface area contributed by atoms with Crippen molar-refractivity contribution in [2.75, 3.05) is 5.73 Å². The maximum Gasteiger partial charge on any atom is 0.270 e. The zero-order chi connectivity index (χ0) is 26.5. The van der Waals surface area contributed by atoms with Gasteiger partial charge in [0.05, 0.1) is 5.69 Å². The summed E-state index contributed by atoms with van der Waals surface area (Å²) in [5.41, 5.74) is 11.9. The molecule has 1 atom stereocenters. The molecular formula is C26H27F2N5O3S. The minimum Gasteiger partial charge on any atom is -0.395 e. The van der Waals surface area contributed by atoms with Crippen LogP contribution in [0, 0.1) is 11.6 Å². The third-order valence-corrected chi connectivity index (χ3v) is 7.23. The van der Waals surface area contributed by atoms with Gasteiger partial charge in [0.2, 0.25) is 5.91 Å². The summed E-state index contributed by atoms with van der Waals surface area (Å²) in [6.07, 6.45) is 4.69. The Morgan fingerprint density at radius 3 is 2.16 bits per heavy atom. The van der Waals surface area contributed by atoms with E-state index >= 15 is 0 Å². The summed E-state index contributed by atoms with van der Waals surface area (Å²) >= 11 is 0.698. The van der Waals surface area contributed by atoms with Crippen LogP contribution in [0.4, 0.5) is 14.5 Å². The third-order valence-electron chi connectivity index (χ3n) is 6.38. The Morgan fingerprint density at radius 2 is 1.59 bits per heavy atom. The van der Waals surface area contributed by atoms with E-state index in [0.717, 1.165) is 32.1 Å². The quantitative estimate of drug-likeness (QED) is 0.408. The van der Waals surface area contributed by atoms with Crippen molar-refractivity contribution in [1.82, 2.24) is 14.6 Å². The van der Waals surface area contributed by atoms with Crippen molar-refractivity contribution < 1.29 is 23.2 Å². The second-order valence-corrected chi connectivity index (χ2v) is 9.77. The minimum absolute atomic E-state index is 0.0538. The van der Waals surface area contributed by atoms with Gasteiger partial charge in [-0.1, -0.05) is 43.5 Å². The molecule has 0 spiro atoms. The highest BCUT2D eigenvalue weighted by molar-refractivity contribution is 7.09. The number of halogens is 2. The number of rotatable bonds is 8. The molecule has 8 nitrogen and oxygen atoms in total. The molecule has 1 aliphatic rings. The lowest BCUT2D eigenvalue weighted by Crippen LogP contribution is -2.46. The number of primary amides is 1. The molecule has 0 unspecified atom stereocenters. The lowest BCUT2D eigenvalue weighted by molar-refractivity contribution is -0.127. The standard InChI is InChI=1S/C26H27F2N5O3S/c27-17-10-6-15(7-11-17)14-33(26(36)23-20(29)21(24(30)34)32-37-23)22(16-8-12-18(28)13-9-16)25(35)31-19-4-2-1-3-5-19/h6-13,19,22H,1-5,14,29H2,(H2,30,34)(H,31,35)/t22-/m1/s1. The molecule has 37 heavy (non-hydrogen) atoms. The number of hydrogen-bond acceptors (Lipinski definition) is 6. The predicted molar refractivity (Wildman–Crippen MR) is 135 cm³/mol. The first-order valence-corrected chi connectivity index (χ1v) is 12.7. The fourth-order valence-electron chi connectivity index (χ4n) is 4.47. The summed E-state index contributed by atoms with van der Waals surface area (Å²) < 4.78 is 31.3. The van der Waals surface area contributed by atoms with Crippen LogP contribution in [0.1, 0.15) is 69.4 Å². The molecule has 3 amide bonds. The van der Waals surface area contributed by atoms with Gasteiger partial charge in [-0.05, 0) is 59.8 Å². The highest BCUT2D eigenvalue weighted by atomic mass is 32.1. The molecule has 1 heterocycles. The summed E-state index contributed by atoms with van der Waals surface area (Å²) in [5.74, 6) is -2.94. The van der Waals surface area contributed by atoms with Gasteiger partial charge in [0.25, 0.3) is 11.8 Å². The van der Waals surface area contributed by atoms with Gasteiger partial charge in [-0.3, -0.25) is 14.4 Å². The monoisotopic (exact) mass is 527 g/mol. The molecule has 194 valence electrons. The van der Waals surface area contributed by atoms with Crippen LogP contribution in [0.25, 0.3) is 0 Å². The van der Waals surface area contributed by atoms with Crippen LogP contribution in [0.15, 0.2) is 48.5 Å². The van der Waals surface area contributed by atoms with Gasteiger partial charge in [0, 0.05) is 12.6 Å². The summed E-state index contributed by atoms with van der Waals surface area (Å²) in [4.78, 5) is 40.5. The van der Waals surface area contributed by atoms with Crippen LogP contribution in [-0.4, -0.2) is 33.0 Å². The fraction of sp³-hybridized carbons (Fsp3) is 0.308. The van der Waals surface area contributed by atoms with E-state index < -0.39 is 35.4 Å². The number of carbonyl (C=O) groups excluding carboxylic acids is 3. The topological polar surface area (TPSA) is 131 Å². The number of nitrogens with one attached hydrogen (secondary N) is 1. The molecule has 0 saturated heterocycles. The number of hydrogen-bond donors (Lipinski definition) is 3. The van der Waals surface area contributed by atoms with E-state index in [9.17, 15) is 23.2 Å². The van der Waals surface area contributed by atoms with Gasteiger partial charge in [-0.2, -0.15) is 4.37 Å². The number of nitrogens with zero attached hydrogens (tertiary/aromatic N) is 2. The van der Waals surface area contributed by atoms with Crippen molar-refractivity contribution in [3.05, 3.63) is 81.9 Å². The molecule has 11 heteroatoms.